The first-order valence-electron chi connectivity index (χ1n) is 6.12. The summed E-state index contributed by atoms with van der Waals surface area (Å²) in [6, 6.07) is 16.2. The van der Waals surface area contributed by atoms with Gasteiger partial charge in [-0.15, -0.1) is 0 Å². The number of benzene rings is 2. The zero-order valence-electron chi connectivity index (χ0n) is 10.5. The first kappa shape index (κ1) is 12.8. The molecule has 1 heterocycles. The van der Waals surface area contributed by atoms with Crippen molar-refractivity contribution in [2.75, 3.05) is 0 Å². The van der Waals surface area contributed by atoms with Gasteiger partial charge in [0.2, 0.25) is 0 Å². The Morgan fingerprint density at radius 2 is 1.80 bits per heavy atom. The number of rotatable bonds is 3. The summed E-state index contributed by atoms with van der Waals surface area (Å²) in [6.45, 7) is 0.162. The normalized spacial score (nSPS) is 10.7. The molecule has 0 saturated heterocycles. The van der Waals surface area contributed by atoms with Crippen molar-refractivity contribution in [3.63, 3.8) is 0 Å². The predicted molar refractivity (Wildman–Crippen MR) is 78.3 cm³/mol. The first-order valence-corrected chi connectivity index (χ1v) is 6.50. The maximum Gasteiger partial charge on any atom is 0.342 e. The molecule has 0 amide bonds. The molecule has 100 valence electrons. The summed E-state index contributed by atoms with van der Waals surface area (Å²) in [6.07, 6.45) is 0. The Labute approximate surface area is 120 Å². The predicted octanol–water partition coefficient (Wildman–Crippen LogP) is 4.03. The summed E-state index contributed by atoms with van der Waals surface area (Å²) < 4.78 is 10.8. The summed E-state index contributed by atoms with van der Waals surface area (Å²) in [7, 11) is 0. The second-order valence-electron chi connectivity index (χ2n) is 4.34. The fourth-order valence-electron chi connectivity index (χ4n) is 1.90. The van der Waals surface area contributed by atoms with Gasteiger partial charge in [0.05, 0.1) is 5.56 Å². The zero-order valence-corrected chi connectivity index (χ0v) is 11.3. The third-order valence-electron chi connectivity index (χ3n) is 2.92. The summed E-state index contributed by atoms with van der Waals surface area (Å²) in [4.78, 5) is 11.8. The summed E-state index contributed by atoms with van der Waals surface area (Å²) in [5, 5.41) is 1.52. The van der Waals surface area contributed by atoms with Crippen LogP contribution >= 0.6 is 11.6 Å². The number of halogens is 1. The van der Waals surface area contributed by atoms with Crippen molar-refractivity contribution in [1.29, 1.82) is 0 Å². The molecule has 3 nitrogen and oxygen atoms in total. The lowest BCUT2D eigenvalue weighted by molar-refractivity contribution is 0.300. The van der Waals surface area contributed by atoms with Crippen LogP contribution in [0, 0.1) is 0 Å². The van der Waals surface area contributed by atoms with E-state index in [9.17, 15) is 4.79 Å². The van der Waals surface area contributed by atoms with Crippen molar-refractivity contribution >= 4 is 22.6 Å². The Hall–Kier alpha value is -2.26. The molecule has 3 aromatic rings. The number of hydrogen-bond donors (Lipinski definition) is 0. The molecular weight excluding hydrogens is 276 g/mol. The minimum Gasteiger partial charge on any atom is -0.489 e. The van der Waals surface area contributed by atoms with Gasteiger partial charge in [-0.3, -0.25) is 0 Å². The average Bonchev–Trinajstić information content (AvgIpc) is 2.47. The van der Waals surface area contributed by atoms with E-state index in [2.05, 4.69) is 0 Å². The molecule has 0 bridgehead atoms. The largest absolute Gasteiger partial charge is 0.489 e. The zero-order chi connectivity index (χ0) is 13.9. The number of fused-ring (bicyclic) bond motifs is 1. The third kappa shape index (κ3) is 2.68. The van der Waals surface area contributed by atoms with Crippen molar-refractivity contribution < 1.29 is 9.15 Å². The summed E-state index contributed by atoms with van der Waals surface area (Å²) in [5.41, 5.74) is 0.684. The highest BCUT2D eigenvalue weighted by molar-refractivity contribution is 6.30. The maximum absolute atomic E-state index is 11.8. The second kappa shape index (κ2) is 5.39. The van der Waals surface area contributed by atoms with Crippen LogP contribution in [-0.2, 0) is 6.61 Å². The molecule has 0 unspecified atom stereocenters. The third-order valence-corrected chi connectivity index (χ3v) is 3.17. The highest BCUT2D eigenvalue weighted by Crippen LogP contribution is 2.17. The van der Waals surface area contributed by atoms with Crippen LogP contribution in [-0.4, -0.2) is 0 Å². The van der Waals surface area contributed by atoms with E-state index in [1.54, 1.807) is 36.4 Å². The highest BCUT2D eigenvalue weighted by Gasteiger charge is 2.05. The maximum atomic E-state index is 11.8. The molecule has 1 aromatic heterocycles. The molecule has 3 rings (SSSR count). The molecule has 0 aliphatic heterocycles. The molecule has 20 heavy (non-hydrogen) atoms. The SMILES string of the molecule is O=c1oc2ccccc2cc1COc1ccc(Cl)cc1. The Morgan fingerprint density at radius 3 is 2.60 bits per heavy atom. The molecular formula is C16H11ClO3. The van der Waals surface area contributed by atoms with Gasteiger partial charge in [0.1, 0.15) is 17.9 Å². The van der Waals surface area contributed by atoms with Crippen molar-refractivity contribution in [2.45, 2.75) is 6.61 Å². The first-order chi connectivity index (χ1) is 9.72. The van der Waals surface area contributed by atoms with Gasteiger partial charge in [0.25, 0.3) is 0 Å². The molecule has 0 atom stereocenters. The van der Waals surface area contributed by atoms with Crippen LogP contribution in [0.4, 0.5) is 0 Å². The average molecular weight is 287 g/mol. The van der Waals surface area contributed by atoms with Gasteiger partial charge in [0.15, 0.2) is 0 Å². The Morgan fingerprint density at radius 1 is 1.05 bits per heavy atom. The molecule has 0 fully saturated rings. The molecule has 0 N–H and O–H groups in total. The van der Waals surface area contributed by atoms with Crippen LogP contribution < -0.4 is 10.4 Å². The smallest absolute Gasteiger partial charge is 0.342 e. The van der Waals surface area contributed by atoms with Crippen LogP contribution in [0.25, 0.3) is 11.0 Å². The van der Waals surface area contributed by atoms with E-state index >= 15 is 0 Å². The van der Waals surface area contributed by atoms with Crippen molar-refractivity contribution in [1.82, 2.24) is 0 Å². The molecule has 0 aliphatic rings. The van der Waals surface area contributed by atoms with Crippen molar-refractivity contribution in [2.24, 2.45) is 0 Å². The van der Waals surface area contributed by atoms with E-state index in [4.69, 9.17) is 20.8 Å². The minimum absolute atomic E-state index is 0.162. The molecule has 4 heteroatoms. The molecule has 0 saturated carbocycles. The van der Waals surface area contributed by atoms with E-state index in [1.165, 1.54) is 0 Å². The number of hydrogen-bond acceptors (Lipinski definition) is 3. The quantitative estimate of drug-likeness (QED) is 0.683. The standard InChI is InChI=1S/C16H11ClO3/c17-13-5-7-14(8-6-13)19-10-12-9-11-3-1-2-4-15(11)20-16(12)18/h1-9H,10H2. The topological polar surface area (TPSA) is 39.4 Å². The molecule has 0 aliphatic carbocycles. The highest BCUT2D eigenvalue weighted by atomic mass is 35.5. The Kier molecular flexibility index (Phi) is 3.44. The fraction of sp³-hybridized carbons (Fsp3) is 0.0625. The fourth-order valence-corrected chi connectivity index (χ4v) is 2.02. The summed E-state index contributed by atoms with van der Waals surface area (Å²) >= 11 is 5.80. The Balaban J connectivity index is 1.85. The van der Waals surface area contributed by atoms with Crippen molar-refractivity contribution in [3.05, 3.63) is 75.6 Å². The van der Waals surface area contributed by atoms with Gasteiger partial charge in [-0.2, -0.15) is 0 Å². The lowest BCUT2D eigenvalue weighted by atomic mass is 10.2. The molecule has 0 spiro atoms. The van der Waals surface area contributed by atoms with Crippen LogP contribution in [0.15, 0.2) is 63.8 Å². The Bertz CT molecular complexity index is 791. The number of ether oxygens (including phenoxy) is 1. The van der Waals surface area contributed by atoms with E-state index < -0.39 is 0 Å². The van der Waals surface area contributed by atoms with Crippen molar-refractivity contribution in [3.8, 4) is 5.75 Å². The van der Waals surface area contributed by atoms with E-state index in [1.807, 2.05) is 18.2 Å². The van der Waals surface area contributed by atoms with Gasteiger partial charge in [-0.1, -0.05) is 29.8 Å². The second-order valence-corrected chi connectivity index (χ2v) is 4.78. The lowest BCUT2D eigenvalue weighted by Gasteiger charge is -2.06. The van der Waals surface area contributed by atoms with Crippen LogP contribution in [0.1, 0.15) is 5.56 Å². The summed E-state index contributed by atoms with van der Waals surface area (Å²) in [5.74, 6) is 0.655. The lowest BCUT2D eigenvalue weighted by Crippen LogP contribution is -2.10. The molecule has 2 aromatic carbocycles. The van der Waals surface area contributed by atoms with Gasteiger partial charge < -0.3 is 9.15 Å². The van der Waals surface area contributed by atoms with Gasteiger partial charge in [-0.05, 0) is 36.4 Å². The molecule has 0 radical (unpaired) electrons. The van der Waals surface area contributed by atoms with Crippen LogP contribution in [0.2, 0.25) is 5.02 Å². The van der Waals surface area contributed by atoms with E-state index in [-0.39, 0.29) is 12.2 Å². The minimum atomic E-state index is -0.377. The van der Waals surface area contributed by atoms with Gasteiger partial charge in [-0.25, -0.2) is 4.79 Å². The van der Waals surface area contributed by atoms with E-state index in [0.717, 1.165) is 5.39 Å². The number of para-hydroxylation sites is 1. The monoisotopic (exact) mass is 286 g/mol. The van der Waals surface area contributed by atoms with Gasteiger partial charge in [0, 0.05) is 10.4 Å². The van der Waals surface area contributed by atoms with Crippen LogP contribution in [0.3, 0.4) is 0 Å². The van der Waals surface area contributed by atoms with E-state index in [0.29, 0.717) is 21.9 Å². The van der Waals surface area contributed by atoms with Gasteiger partial charge >= 0.3 is 5.63 Å². The van der Waals surface area contributed by atoms with Crippen LogP contribution in [0.5, 0.6) is 5.75 Å².